The highest BCUT2D eigenvalue weighted by Crippen LogP contribution is 2.42. The van der Waals surface area contributed by atoms with Crippen molar-refractivity contribution in [2.75, 3.05) is 6.54 Å². The number of hydrogen-bond acceptors (Lipinski definition) is 2. The number of piperazine rings is 1. The molecular formula is C15H26N2O2. The Hall–Kier alpha value is -1.06. The molecule has 1 aliphatic heterocycles. The maximum absolute atomic E-state index is 12.8. The highest BCUT2D eigenvalue weighted by molar-refractivity contribution is 5.99. The summed E-state index contributed by atoms with van der Waals surface area (Å²) in [5.41, 5.74) is -0.626. The van der Waals surface area contributed by atoms with Crippen molar-refractivity contribution in [2.45, 2.75) is 65.5 Å². The lowest BCUT2D eigenvalue weighted by molar-refractivity contribution is -0.156. The largest absolute Gasteiger partial charge is 0.340 e. The van der Waals surface area contributed by atoms with Gasteiger partial charge in [0, 0.05) is 6.54 Å². The molecule has 0 spiro atoms. The normalized spacial score (nSPS) is 32.5. The average molecular weight is 266 g/mol. The second-order valence-electron chi connectivity index (χ2n) is 7.09. The number of nitrogens with zero attached hydrogens (tertiary/aromatic N) is 1. The van der Waals surface area contributed by atoms with Gasteiger partial charge in [0.25, 0.3) is 0 Å². The zero-order chi connectivity index (χ0) is 14.4. The van der Waals surface area contributed by atoms with E-state index < -0.39 is 5.54 Å². The molecule has 0 aromatic heterocycles. The Kier molecular flexibility index (Phi) is 3.40. The Balaban J connectivity index is 2.24. The summed E-state index contributed by atoms with van der Waals surface area (Å²) in [6.07, 6.45) is 3.08. The van der Waals surface area contributed by atoms with Crippen molar-refractivity contribution in [3.05, 3.63) is 0 Å². The van der Waals surface area contributed by atoms with Gasteiger partial charge in [-0.2, -0.15) is 0 Å². The standard InChI is InChI=1S/C15H26N2O2/c1-6-14(3,4)9-17-10(2)12(18)16-15(5,13(17)19)11-7-8-11/h10-11H,6-9H2,1-5H3,(H,16,18). The zero-order valence-electron chi connectivity index (χ0n) is 12.7. The molecule has 2 aliphatic rings. The van der Waals surface area contributed by atoms with Gasteiger partial charge >= 0.3 is 0 Å². The molecule has 0 aromatic rings. The highest BCUT2D eigenvalue weighted by Gasteiger charge is 2.54. The molecule has 0 aromatic carbocycles. The summed E-state index contributed by atoms with van der Waals surface area (Å²) in [5, 5.41) is 2.96. The molecule has 2 unspecified atom stereocenters. The minimum Gasteiger partial charge on any atom is -0.340 e. The quantitative estimate of drug-likeness (QED) is 0.845. The van der Waals surface area contributed by atoms with Gasteiger partial charge in [0.2, 0.25) is 11.8 Å². The van der Waals surface area contributed by atoms with Gasteiger partial charge in [0.05, 0.1) is 0 Å². The number of nitrogens with one attached hydrogen (secondary N) is 1. The lowest BCUT2D eigenvalue weighted by atomic mass is 9.85. The van der Waals surface area contributed by atoms with Crippen LogP contribution in [0.3, 0.4) is 0 Å². The first-order valence-electron chi connectivity index (χ1n) is 7.34. The molecule has 108 valence electrons. The number of carbonyl (C=O) groups is 2. The van der Waals surface area contributed by atoms with Gasteiger partial charge in [-0.15, -0.1) is 0 Å². The van der Waals surface area contributed by atoms with E-state index >= 15 is 0 Å². The van der Waals surface area contributed by atoms with E-state index in [9.17, 15) is 9.59 Å². The number of amides is 2. The van der Waals surface area contributed by atoms with Crippen molar-refractivity contribution >= 4 is 11.8 Å². The van der Waals surface area contributed by atoms with Crippen molar-refractivity contribution in [3.63, 3.8) is 0 Å². The summed E-state index contributed by atoms with van der Waals surface area (Å²) in [4.78, 5) is 26.7. The molecule has 4 heteroatoms. The third-order valence-electron chi connectivity index (χ3n) is 4.88. The molecule has 1 saturated carbocycles. The van der Waals surface area contributed by atoms with E-state index in [4.69, 9.17) is 0 Å². The second kappa shape index (κ2) is 4.50. The third kappa shape index (κ3) is 2.49. The summed E-state index contributed by atoms with van der Waals surface area (Å²) in [6, 6.07) is -0.356. The van der Waals surface area contributed by atoms with Crippen LogP contribution < -0.4 is 5.32 Å². The number of hydrogen-bond donors (Lipinski definition) is 1. The van der Waals surface area contributed by atoms with Crippen LogP contribution in [0.2, 0.25) is 0 Å². The van der Waals surface area contributed by atoms with Gasteiger partial charge in [-0.25, -0.2) is 0 Å². The minimum absolute atomic E-state index is 0.0131. The van der Waals surface area contributed by atoms with Crippen molar-refractivity contribution in [1.29, 1.82) is 0 Å². The Morgan fingerprint density at radius 1 is 1.37 bits per heavy atom. The van der Waals surface area contributed by atoms with Crippen molar-refractivity contribution in [2.24, 2.45) is 11.3 Å². The SMILES string of the molecule is CCC(C)(C)CN1C(=O)C(C)(C2CC2)NC(=O)C1C. The molecule has 0 bridgehead atoms. The molecule has 0 radical (unpaired) electrons. The second-order valence-corrected chi connectivity index (χ2v) is 7.09. The summed E-state index contributed by atoms with van der Waals surface area (Å²) >= 11 is 0. The van der Waals surface area contributed by atoms with Crippen LogP contribution in [0.25, 0.3) is 0 Å². The first kappa shape index (κ1) is 14.4. The van der Waals surface area contributed by atoms with E-state index in [2.05, 4.69) is 26.1 Å². The van der Waals surface area contributed by atoms with Crippen molar-refractivity contribution < 1.29 is 9.59 Å². The van der Waals surface area contributed by atoms with Gasteiger partial charge in [0.15, 0.2) is 0 Å². The molecule has 2 rings (SSSR count). The summed E-state index contributed by atoms with van der Waals surface area (Å²) < 4.78 is 0. The minimum atomic E-state index is -0.673. The summed E-state index contributed by atoms with van der Waals surface area (Å²) in [5.74, 6) is 0.410. The fourth-order valence-corrected chi connectivity index (χ4v) is 2.75. The highest BCUT2D eigenvalue weighted by atomic mass is 16.2. The maximum atomic E-state index is 12.8. The number of carbonyl (C=O) groups excluding carboxylic acids is 2. The zero-order valence-corrected chi connectivity index (χ0v) is 12.7. The van der Waals surface area contributed by atoms with Crippen molar-refractivity contribution in [3.8, 4) is 0 Å². The van der Waals surface area contributed by atoms with E-state index in [0.29, 0.717) is 12.5 Å². The van der Waals surface area contributed by atoms with Gasteiger partial charge < -0.3 is 10.2 Å². The maximum Gasteiger partial charge on any atom is 0.249 e. The summed E-state index contributed by atoms with van der Waals surface area (Å²) in [7, 11) is 0. The fraction of sp³-hybridized carbons (Fsp3) is 0.867. The first-order valence-corrected chi connectivity index (χ1v) is 7.34. The molecule has 1 N–H and O–H groups in total. The molecule has 1 saturated heterocycles. The van der Waals surface area contributed by atoms with Crippen LogP contribution in [0.5, 0.6) is 0 Å². The molecule has 4 nitrogen and oxygen atoms in total. The molecule has 1 aliphatic carbocycles. The Bertz CT molecular complexity index is 401. The van der Waals surface area contributed by atoms with Crippen LogP contribution in [0.15, 0.2) is 0 Å². The van der Waals surface area contributed by atoms with Gasteiger partial charge in [-0.05, 0) is 44.4 Å². The van der Waals surface area contributed by atoms with Crippen LogP contribution >= 0.6 is 0 Å². The third-order valence-corrected chi connectivity index (χ3v) is 4.88. The molecule has 2 fully saturated rings. The monoisotopic (exact) mass is 266 g/mol. The number of rotatable bonds is 4. The van der Waals surface area contributed by atoms with E-state index in [1.807, 2.05) is 13.8 Å². The van der Waals surface area contributed by atoms with Crippen LogP contribution in [0, 0.1) is 11.3 Å². The van der Waals surface area contributed by atoms with E-state index in [1.54, 1.807) is 4.90 Å². The van der Waals surface area contributed by atoms with Crippen LogP contribution in [0.4, 0.5) is 0 Å². The van der Waals surface area contributed by atoms with Gasteiger partial charge in [0.1, 0.15) is 11.6 Å². The van der Waals surface area contributed by atoms with E-state index in [-0.39, 0.29) is 23.3 Å². The summed E-state index contributed by atoms with van der Waals surface area (Å²) in [6.45, 7) is 10.8. The molecule has 1 heterocycles. The molecular weight excluding hydrogens is 240 g/mol. The topological polar surface area (TPSA) is 49.4 Å². The smallest absolute Gasteiger partial charge is 0.249 e. The Morgan fingerprint density at radius 2 is 1.95 bits per heavy atom. The Labute approximate surface area is 115 Å². The molecule has 2 atom stereocenters. The predicted molar refractivity (Wildman–Crippen MR) is 74.5 cm³/mol. The van der Waals surface area contributed by atoms with Crippen LogP contribution in [0.1, 0.15) is 53.9 Å². The molecule has 19 heavy (non-hydrogen) atoms. The first-order chi connectivity index (χ1) is 8.71. The van der Waals surface area contributed by atoms with Crippen LogP contribution in [-0.2, 0) is 9.59 Å². The average Bonchev–Trinajstić information content (AvgIpc) is 3.17. The lowest BCUT2D eigenvalue weighted by Crippen LogP contribution is -2.70. The van der Waals surface area contributed by atoms with Gasteiger partial charge in [-0.3, -0.25) is 9.59 Å². The van der Waals surface area contributed by atoms with Crippen molar-refractivity contribution in [1.82, 2.24) is 10.2 Å². The molecule has 2 amide bonds. The van der Waals surface area contributed by atoms with E-state index in [1.165, 1.54) is 0 Å². The van der Waals surface area contributed by atoms with Crippen LogP contribution in [-0.4, -0.2) is 34.8 Å². The van der Waals surface area contributed by atoms with Gasteiger partial charge in [-0.1, -0.05) is 20.8 Å². The fourth-order valence-electron chi connectivity index (χ4n) is 2.75. The van der Waals surface area contributed by atoms with E-state index in [0.717, 1.165) is 19.3 Å². The predicted octanol–water partition coefficient (Wildman–Crippen LogP) is 1.94. The lowest BCUT2D eigenvalue weighted by Gasteiger charge is -2.46. The Morgan fingerprint density at radius 3 is 2.42 bits per heavy atom.